The van der Waals surface area contributed by atoms with Gasteiger partial charge in [-0.2, -0.15) is 0 Å². The van der Waals surface area contributed by atoms with E-state index in [9.17, 15) is 4.79 Å². The van der Waals surface area contributed by atoms with Crippen molar-refractivity contribution >= 4 is 17.5 Å². The molecule has 0 radical (unpaired) electrons. The maximum absolute atomic E-state index is 13.0. The number of hydrogen-bond donors (Lipinski definition) is 0. The molecule has 0 aliphatic carbocycles. The van der Waals surface area contributed by atoms with Gasteiger partial charge in [-0.1, -0.05) is 0 Å². The van der Waals surface area contributed by atoms with E-state index in [-0.39, 0.29) is 5.92 Å². The summed E-state index contributed by atoms with van der Waals surface area (Å²) in [4.78, 5) is 32.3. The van der Waals surface area contributed by atoms with Gasteiger partial charge in [0.15, 0.2) is 0 Å². The molecule has 8 nitrogen and oxygen atoms in total. The van der Waals surface area contributed by atoms with Crippen molar-refractivity contribution in [3.8, 4) is 5.75 Å². The lowest BCUT2D eigenvalue weighted by Gasteiger charge is -2.39. The first-order valence-corrected chi connectivity index (χ1v) is 9.79. The molecule has 0 atom stereocenters. The summed E-state index contributed by atoms with van der Waals surface area (Å²) in [5, 5.41) is 0. The number of piperidine rings is 1. The summed E-state index contributed by atoms with van der Waals surface area (Å²) in [6.07, 6.45) is 8.66. The lowest BCUT2D eigenvalue weighted by Crippen LogP contribution is -2.52. The van der Waals surface area contributed by atoms with Crippen LogP contribution in [0.25, 0.3) is 0 Å². The molecule has 8 heteroatoms. The van der Waals surface area contributed by atoms with Gasteiger partial charge in [-0.25, -0.2) is 9.97 Å². The van der Waals surface area contributed by atoms with Crippen molar-refractivity contribution in [3.05, 3.63) is 36.9 Å². The second-order valence-corrected chi connectivity index (χ2v) is 7.19. The van der Waals surface area contributed by atoms with Crippen LogP contribution in [0.5, 0.6) is 5.75 Å². The molecule has 2 aliphatic heterocycles. The number of rotatable bonds is 4. The van der Waals surface area contributed by atoms with Gasteiger partial charge in [0.1, 0.15) is 17.4 Å². The van der Waals surface area contributed by atoms with Gasteiger partial charge in [0, 0.05) is 57.6 Å². The Hall–Kier alpha value is -2.90. The highest BCUT2D eigenvalue weighted by Gasteiger charge is 2.31. The molecule has 0 unspecified atom stereocenters. The molecule has 0 aromatic carbocycles. The Bertz CT molecular complexity index is 769. The summed E-state index contributed by atoms with van der Waals surface area (Å²) < 4.78 is 5.16. The summed E-state index contributed by atoms with van der Waals surface area (Å²) in [6, 6.07) is 3.89. The predicted molar refractivity (Wildman–Crippen MR) is 107 cm³/mol. The van der Waals surface area contributed by atoms with E-state index in [1.165, 1.54) is 0 Å². The van der Waals surface area contributed by atoms with E-state index < -0.39 is 0 Å². The van der Waals surface area contributed by atoms with E-state index >= 15 is 0 Å². The third kappa shape index (κ3) is 4.00. The van der Waals surface area contributed by atoms with Crippen LogP contribution in [0.15, 0.2) is 36.9 Å². The number of hydrogen-bond acceptors (Lipinski definition) is 7. The molecule has 1 amide bonds. The smallest absolute Gasteiger partial charge is 0.225 e. The molecule has 2 aliphatic rings. The number of nitrogens with zero attached hydrogens (tertiary/aromatic N) is 6. The average Bonchev–Trinajstić information content (AvgIpc) is 2.79. The van der Waals surface area contributed by atoms with Crippen LogP contribution >= 0.6 is 0 Å². The quantitative estimate of drug-likeness (QED) is 0.792. The zero-order chi connectivity index (χ0) is 19.3. The molecule has 2 aromatic heterocycles. The lowest BCUT2D eigenvalue weighted by atomic mass is 9.95. The van der Waals surface area contributed by atoms with Gasteiger partial charge >= 0.3 is 0 Å². The van der Waals surface area contributed by atoms with E-state index in [2.05, 4.69) is 24.8 Å². The number of piperazine rings is 1. The molecule has 2 fully saturated rings. The fourth-order valence-electron chi connectivity index (χ4n) is 3.90. The van der Waals surface area contributed by atoms with Crippen molar-refractivity contribution in [3.63, 3.8) is 0 Å². The van der Waals surface area contributed by atoms with Gasteiger partial charge in [0.2, 0.25) is 5.91 Å². The van der Waals surface area contributed by atoms with E-state index in [0.717, 1.165) is 69.5 Å². The molecule has 2 saturated heterocycles. The van der Waals surface area contributed by atoms with Crippen molar-refractivity contribution in [2.75, 3.05) is 56.2 Å². The summed E-state index contributed by atoms with van der Waals surface area (Å²) in [5.74, 6) is 2.99. The largest absolute Gasteiger partial charge is 0.495 e. The molecule has 148 valence electrons. The molecule has 0 spiro atoms. The zero-order valence-corrected chi connectivity index (χ0v) is 16.2. The number of ether oxygens (including phenoxy) is 1. The molecule has 0 bridgehead atoms. The minimum absolute atomic E-state index is 0.110. The maximum Gasteiger partial charge on any atom is 0.225 e. The fraction of sp³-hybridized carbons (Fsp3) is 0.500. The fourth-order valence-corrected chi connectivity index (χ4v) is 3.90. The Morgan fingerprint density at radius 1 is 0.929 bits per heavy atom. The zero-order valence-electron chi connectivity index (χ0n) is 16.2. The number of carbonyl (C=O) groups is 1. The van der Waals surface area contributed by atoms with Crippen molar-refractivity contribution in [1.82, 2.24) is 19.9 Å². The highest BCUT2D eigenvalue weighted by molar-refractivity contribution is 5.79. The van der Waals surface area contributed by atoms with E-state index in [0.29, 0.717) is 5.91 Å². The monoisotopic (exact) mass is 382 g/mol. The van der Waals surface area contributed by atoms with Crippen molar-refractivity contribution in [2.24, 2.45) is 5.92 Å². The van der Waals surface area contributed by atoms with Gasteiger partial charge in [-0.15, -0.1) is 0 Å². The van der Waals surface area contributed by atoms with E-state index in [1.807, 2.05) is 17.0 Å². The Labute approximate surface area is 165 Å². The van der Waals surface area contributed by atoms with Gasteiger partial charge < -0.3 is 19.4 Å². The lowest BCUT2D eigenvalue weighted by molar-refractivity contribution is -0.136. The van der Waals surface area contributed by atoms with Gasteiger partial charge in [-0.3, -0.25) is 9.78 Å². The highest BCUT2D eigenvalue weighted by atomic mass is 16.5. The number of methoxy groups -OCH3 is 1. The molecular formula is C20H26N6O2. The van der Waals surface area contributed by atoms with Crippen LogP contribution in [0.1, 0.15) is 12.8 Å². The van der Waals surface area contributed by atoms with Crippen LogP contribution in [0.3, 0.4) is 0 Å². The molecule has 0 N–H and O–H groups in total. The molecular weight excluding hydrogens is 356 g/mol. The number of amides is 1. The van der Waals surface area contributed by atoms with Crippen LogP contribution in [0.2, 0.25) is 0 Å². The number of aromatic nitrogens is 3. The number of carbonyl (C=O) groups excluding carboxylic acids is 1. The molecule has 4 heterocycles. The normalized spacial score (nSPS) is 18.2. The Kier molecular flexibility index (Phi) is 5.55. The van der Waals surface area contributed by atoms with Crippen LogP contribution in [0, 0.1) is 5.92 Å². The number of pyridine rings is 1. The third-order valence-electron chi connectivity index (χ3n) is 5.59. The van der Waals surface area contributed by atoms with E-state index in [4.69, 9.17) is 4.74 Å². The summed E-state index contributed by atoms with van der Waals surface area (Å²) in [5.41, 5.74) is 0. The highest BCUT2D eigenvalue weighted by Crippen LogP contribution is 2.24. The molecule has 28 heavy (non-hydrogen) atoms. The van der Waals surface area contributed by atoms with Crippen LogP contribution in [-0.2, 0) is 4.79 Å². The first-order chi connectivity index (χ1) is 13.7. The topological polar surface area (TPSA) is 74.7 Å². The summed E-state index contributed by atoms with van der Waals surface area (Å²) in [7, 11) is 1.64. The first-order valence-electron chi connectivity index (χ1n) is 9.79. The van der Waals surface area contributed by atoms with Gasteiger partial charge in [0.25, 0.3) is 0 Å². The molecule has 2 aromatic rings. The van der Waals surface area contributed by atoms with E-state index in [1.54, 1.807) is 31.9 Å². The van der Waals surface area contributed by atoms with Crippen molar-refractivity contribution < 1.29 is 9.53 Å². The maximum atomic E-state index is 13.0. The predicted octanol–water partition coefficient (Wildman–Crippen LogP) is 1.45. The number of anilines is 2. The average molecular weight is 382 g/mol. The van der Waals surface area contributed by atoms with Crippen molar-refractivity contribution in [1.29, 1.82) is 0 Å². The van der Waals surface area contributed by atoms with Crippen LogP contribution in [-0.4, -0.2) is 72.1 Å². The second-order valence-electron chi connectivity index (χ2n) is 7.19. The van der Waals surface area contributed by atoms with Gasteiger partial charge in [-0.05, 0) is 25.0 Å². The second kappa shape index (κ2) is 8.41. The Morgan fingerprint density at radius 3 is 2.29 bits per heavy atom. The van der Waals surface area contributed by atoms with Crippen LogP contribution < -0.4 is 14.5 Å². The Morgan fingerprint density at radius 2 is 1.68 bits per heavy atom. The minimum atomic E-state index is 0.110. The molecule has 4 rings (SSSR count). The Balaban J connectivity index is 1.27. The minimum Gasteiger partial charge on any atom is -0.495 e. The summed E-state index contributed by atoms with van der Waals surface area (Å²) in [6.45, 7) is 4.82. The van der Waals surface area contributed by atoms with Crippen molar-refractivity contribution in [2.45, 2.75) is 12.8 Å². The van der Waals surface area contributed by atoms with Gasteiger partial charge in [0.05, 0.1) is 19.5 Å². The first kappa shape index (κ1) is 18.5. The standard InChI is InChI=1S/C20H26N6O2/c1-28-17-2-3-18(23-14-17)25-10-12-26(13-11-25)20(27)16-4-8-24(9-5-16)19-15-21-6-7-22-19/h2-3,6-7,14-16H,4-5,8-13H2,1H3. The van der Waals surface area contributed by atoms with Crippen LogP contribution in [0.4, 0.5) is 11.6 Å². The SMILES string of the molecule is COc1ccc(N2CCN(C(=O)C3CCN(c4cnccn4)CC3)CC2)nc1. The summed E-state index contributed by atoms with van der Waals surface area (Å²) >= 11 is 0. The third-order valence-corrected chi connectivity index (χ3v) is 5.59. The molecule has 0 saturated carbocycles.